The third kappa shape index (κ3) is 3.74. The monoisotopic (exact) mass is 322 g/mol. The number of nitrogens with zero attached hydrogens (tertiary/aromatic N) is 1. The van der Waals surface area contributed by atoms with Crippen molar-refractivity contribution < 1.29 is 4.79 Å². The lowest BCUT2D eigenvalue weighted by Crippen LogP contribution is -2.17. The summed E-state index contributed by atoms with van der Waals surface area (Å²) in [6.45, 7) is 6.14. The molecule has 0 aliphatic rings. The second kappa shape index (κ2) is 6.04. The highest BCUT2D eigenvalue weighted by Gasteiger charge is 2.17. The summed E-state index contributed by atoms with van der Waals surface area (Å²) in [5.41, 5.74) is 1.76. The molecule has 1 amide bonds. The molecule has 0 aliphatic heterocycles. The van der Waals surface area contributed by atoms with Crippen LogP contribution in [0.5, 0.6) is 0 Å². The average Bonchev–Trinajstić information content (AvgIpc) is 2.43. The molecule has 0 unspecified atom stereocenters. The fourth-order valence-electron chi connectivity index (χ4n) is 1.78. The minimum Gasteiger partial charge on any atom is -0.321 e. The molecule has 0 atom stereocenters. The van der Waals surface area contributed by atoms with Crippen molar-refractivity contribution in [3.63, 3.8) is 0 Å². The van der Waals surface area contributed by atoms with Gasteiger partial charge in [-0.2, -0.15) is 0 Å². The summed E-state index contributed by atoms with van der Waals surface area (Å²) in [5.74, 6) is -0.243. The Balaban J connectivity index is 2.27. The highest BCUT2D eigenvalue weighted by molar-refractivity contribution is 6.44. The lowest BCUT2D eigenvalue weighted by atomic mass is 9.91. The fraction of sp³-hybridized carbons (Fsp3) is 0.250. The molecule has 110 valence electrons. The van der Waals surface area contributed by atoms with E-state index in [0.29, 0.717) is 21.3 Å². The minimum absolute atomic E-state index is 0.121. The first-order chi connectivity index (χ1) is 9.79. The number of benzene rings is 1. The Bertz CT molecular complexity index is 678. The van der Waals surface area contributed by atoms with Gasteiger partial charge in [0.15, 0.2) is 0 Å². The fourth-order valence-corrected chi connectivity index (χ4v) is 2.12. The van der Waals surface area contributed by atoms with E-state index in [9.17, 15) is 4.79 Å². The Morgan fingerprint density at radius 3 is 2.57 bits per heavy atom. The number of carbonyl (C=O) groups is 1. The van der Waals surface area contributed by atoms with Crippen LogP contribution in [0.2, 0.25) is 10.0 Å². The Morgan fingerprint density at radius 2 is 1.90 bits per heavy atom. The van der Waals surface area contributed by atoms with Gasteiger partial charge in [0, 0.05) is 22.9 Å². The molecule has 0 aliphatic carbocycles. The van der Waals surface area contributed by atoms with Gasteiger partial charge in [0.1, 0.15) is 0 Å². The van der Waals surface area contributed by atoms with Gasteiger partial charge in [-0.15, -0.1) is 0 Å². The van der Waals surface area contributed by atoms with Gasteiger partial charge in [-0.1, -0.05) is 50.0 Å². The summed E-state index contributed by atoms with van der Waals surface area (Å²) in [6.07, 6.45) is 1.63. The number of carbonyl (C=O) groups excluding carboxylic acids is 1. The number of nitrogens with one attached hydrogen (secondary N) is 1. The van der Waals surface area contributed by atoms with E-state index in [-0.39, 0.29) is 11.3 Å². The first kappa shape index (κ1) is 15.8. The van der Waals surface area contributed by atoms with Crippen LogP contribution in [0.3, 0.4) is 0 Å². The Morgan fingerprint density at radius 1 is 1.19 bits per heavy atom. The lowest BCUT2D eigenvalue weighted by molar-refractivity contribution is 0.102. The molecular formula is C16H16Cl2N2O. The smallest absolute Gasteiger partial charge is 0.255 e. The second-order valence-electron chi connectivity index (χ2n) is 5.74. The van der Waals surface area contributed by atoms with Crippen molar-refractivity contribution in [1.29, 1.82) is 0 Å². The highest BCUT2D eigenvalue weighted by Crippen LogP contribution is 2.30. The Labute approximate surface area is 134 Å². The third-order valence-electron chi connectivity index (χ3n) is 2.99. The summed E-state index contributed by atoms with van der Waals surface area (Å²) < 4.78 is 0. The zero-order chi connectivity index (χ0) is 15.6. The molecule has 5 heteroatoms. The maximum atomic E-state index is 12.3. The molecular weight excluding hydrogens is 307 g/mol. The Hall–Kier alpha value is -1.58. The second-order valence-corrected chi connectivity index (χ2v) is 6.52. The van der Waals surface area contributed by atoms with E-state index < -0.39 is 0 Å². The van der Waals surface area contributed by atoms with Crippen molar-refractivity contribution in [3.05, 3.63) is 57.8 Å². The highest BCUT2D eigenvalue weighted by atomic mass is 35.5. The molecule has 2 rings (SSSR count). The number of pyridine rings is 1. The van der Waals surface area contributed by atoms with Gasteiger partial charge in [-0.05, 0) is 24.3 Å². The zero-order valence-corrected chi connectivity index (χ0v) is 13.6. The molecule has 0 radical (unpaired) electrons. The number of hydrogen-bond donors (Lipinski definition) is 1. The molecule has 3 nitrogen and oxygen atoms in total. The summed E-state index contributed by atoms with van der Waals surface area (Å²) in [7, 11) is 0. The van der Waals surface area contributed by atoms with Gasteiger partial charge in [0.2, 0.25) is 0 Å². The van der Waals surface area contributed by atoms with Crippen molar-refractivity contribution in [1.82, 2.24) is 4.98 Å². The number of anilines is 1. The maximum absolute atomic E-state index is 12.3. The van der Waals surface area contributed by atoms with Crippen molar-refractivity contribution >= 4 is 34.8 Å². The van der Waals surface area contributed by atoms with Crippen LogP contribution in [-0.2, 0) is 5.41 Å². The topological polar surface area (TPSA) is 42.0 Å². The number of hydrogen-bond acceptors (Lipinski definition) is 2. The van der Waals surface area contributed by atoms with Crippen LogP contribution in [0, 0.1) is 0 Å². The number of amides is 1. The summed E-state index contributed by atoms with van der Waals surface area (Å²) in [6, 6.07) is 8.56. The van der Waals surface area contributed by atoms with Gasteiger partial charge < -0.3 is 5.32 Å². The van der Waals surface area contributed by atoms with Crippen LogP contribution >= 0.6 is 23.2 Å². The number of halogens is 2. The molecule has 21 heavy (non-hydrogen) atoms. The normalized spacial score (nSPS) is 11.3. The van der Waals surface area contributed by atoms with Crippen molar-refractivity contribution in [2.24, 2.45) is 0 Å². The van der Waals surface area contributed by atoms with E-state index >= 15 is 0 Å². The van der Waals surface area contributed by atoms with E-state index in [1.54, 1.807) is 36.5 Å². The van der Waals surface area contributed by atoms with Crippen LogP contribution in [-0.4, -0.2) is 10.9 Å². The first-order valence-electron chi connectivity index (χ1n) is 6.51. The molecule has 0 saturated carbocycles. The average molecular weight is 323 g/mol. The van der Waals surface area contributed by atoms with Crippen LogP contribution in [0.25, 0.3) is 0 Å². The van der Waals surface area contributed by atoms with Crippen LogP contribution in [0.4, 0.5) is 5.69 Å². The molecule has 0 bridgehead atoms. The van der Waals surface area contributed by atoms with Crippen LogP contribution < -0.4 is 5.32 Å². The molecule has 1 heterocycles. The SMILES string of the molecule is CC(C)(C)c1cc(C(=O)Nc2cccc(Cl)c2Cl)ccn1. The minimum atomic E-state index is -0.243. The van der Waals surface area contributed by atoms with Crippen molar-refractivity contribution in [3.8, 4) is 0 Å². The number of aromatic nitrogens is 1. The predicted octanol–water partition coefficient (Wildman–Crippen LogP) is 4.94. The van der Waals surface area contributed by atoms with E-state index in [4.69, 9.17) is 23.2 Å². The molecule has 0 spiro atoms. The first-order valence-corrected chi connectivity index (χ1v) is 7.26. The summed E-state index contributed by atoms with van der Waals surface area (Å²) in [4.78, 5) is 16.6. The third-order valence-corrected chi connectivity index (χ3v) is 3.81. The molecule has 1 N–H and O–H groups in total. The quantitative estimate of drug-likeness (QED) is 0.850. The molecule has 1 aromatic heterocycles. The van der Waals surface area contributed by atoms with Crippen molar-refractivity contribution in [2.45, 2.75) is 26.2 Å². The van der Waals surface area contributed by atoms with E-state index in [2.05, 4.69) is 10.3 Å². The van der Waals surface area contributed by atoms with Crippen molar-refractivity contribution in [2.75, 3.05) is 5.32 Å². The Kier molecular flexibility index (Phi) is 4.55. The van der Waals surface area contributed by atoms with Gasteiger partial charge in [0.25, 0.3) is 5.91 Å². The van der Waals surface area contributed by atoms with Gasteiger partial charge in [-0.3, -0.25) is 9.78 Å². The van der Waals surface area contributed by atoms with Gasteiger partial charge >= 0.3 is 0 Å². The summed E-state index contributed by atoms with van der Waals surface area (Å²) >= 11 is 12.0. The molecule has 0 fully saturated rings. The van der Waals surface area contributed by atoms with Gasteiger partial charge in [0.05, 0.1) is 15.7 Å². The molecule has 1 aromatic carbocycles. The lowest BCUT2D eigenvalue weighted by Gasteiger charge is -2.18. The largest absolute Gasteiger partial charge is 0.321 e. The molecule has 0 saturated heterocycles. The zero-order valence-electron chi connectivity index (χ0n) is 12.1. The number of rotatable bonds is 2. The van der Waals surface area contributed by atoms with E-state index in [1.807, 2.05) is 20.8 Å². The summed E-state index contributed by atoms with van der Waals surface area (Å²) in [5, 5.41) is 3.50. The van der Waals surface area contributed by atoms with E-state index in [0.717, 1.165) is 5.69 Å². The van der Waals surface area contributed by atoms with Crippen LogP contribution in [0.15, 0.2) is 36.5 Å². The predicted molar refractivity (Wildman–Crippen MR) is 87.4 cm³/mol. The maximum Gasteiger partial charge on any atom is 0.255 e. The van der Waals surface area contributed by atoms with Crippen LogP contribution in [0.1, 0.15) is 36.8 Å². The van der Waals surface area contributed by atoms with E-state index in [1.165, 1.54) is 0 Å². The van der Waals surface area contributed by atoms with Gasteiger partial charge in [-0.25, -0.2) is 0 Å². The standard InChI is InChI=1S/C16H16Cl2N2O/c1-16(2,3)13-9-10(7-8-19-13)15(21)20-12-6-4-5-11(17)14(12)18/h4-9H,1-3H3,(H,20,21). The molecule has 2 aromatic rings.